The van der Waals surface area contributed by atoms with Crippen LogP contribution in [0.2, 0.25) is 5.02 Å². The van der Waals surface area contributed by atoms with Crippen LogP contribution >= 0.6 is 11.6 Å². The van der Waals surface area contributed by atoms with E-state index in [4.69, 9.17) is 11.6 Å². The molecule has 28 heavy (non-hydrogen) atoms. The fourth-order valence-corrected chi connectivity index (χ4v) is 3.60. The highest BCUT2D eigenvalue weighted by molar-refractivity contribution is 6.31. The predicted molar refractivity (Wildman–Crippen MR) is 106 cm³/mol. The van der Waals surface area contributed by atoms with Gasteiger partial charge in [-0.2, -0.15) is 0 Å². The van der Waals surface area contributed by atoms with E-state index in [2.05, 4.69) is 23.8 Å². The summed E-state index contributed by atoms with van der Waals surface area (Å²) in [6, 6.07) is 6.04. The maximum Gasteiger partial charge on any atom is 0.322 e. The van der Waals surface area contributed by atoms with Crippen molar-refractivity contribution >= 4 is 29.4 Å². The minimum atomic E-state index is -0.675. The van der Waals surface area contributed by atoms with Crippen molar-refractivity contribution < 1.29 is 14.4 Å². The molecule has 2 aliphatic rings. The van der Waals surface area contributed by atoms with Crippen LogP contribution in [0, 0.1) is 0 Å². The van der Waals surface area contributed by atoms with E-state index >= 15 is 0 Å². The van der Waals surface area contributed by atoms with Crippen molar-refractivity contribution in [3.05, 3.63) is 71.4 Å². The molecule has 0 unspecified atom stereocenters. The Balaban J connectivity index is 1.95. The lowest BCUT2D eigenvalue weighted by Gasteiger charge is -2.33. The quantitative estimate of drug-likeness (QED) is 0.687. The molecule has 0 saturated carbocycles. The van der Waals surface area contributed by atoms with Gasteiger partial charge in [-0.3, -0.25) is 14.5 Å². The number of hydrogen-bond acceptors (Lipinski definition) is 3. The fourth-order valence-electron chi connectivity index (χ4n) is 3.36. The topological polar surface area (TPSA) is 81.8 Å². The molecule has 2 aliphatic heterocycles. The number of rotatable bonds is 7. The van der Waals surface area contributed by atoms with Crippen molar-refractivity contribution in [1.29, 1.82) is 0 Å². The molecule has 1 aromatic carbocycles. The lowest BCUT2D eigenvalue weighted by atomic mass is 9.95. The zero-order valence-electron chi connectivity index (χ0n) is 15.3. The van der Waals surface area contributed by atoms with Gasteiger partial charge in [0.2, 0.25) is 5.91 Å². The van der Waals surface area contributed by atoms with Gasteiger partial charge in [0.1, 0.15) is 6.54 Å². The van der Waals surface area contributed by atoms with Crippen molar-refractivity contribution in [3.63, 3.8) is 0 Å². The molecular formula is C20H21ClN4O3. The molecule has 8 heteroatoms. The van der Waals surface area contributed by atoms with E-state index in [1.807, 2.05) is 0 Å². The van der Waals surface area contributed by atoms with Gasteiger partial charge in [0, 0.05) is 18.1 Å². The fraction of sp³-hybridized carbons (Fsp3) is 0.250. The molecule has 0 fully saturated rings. The third-order valence-corrected chi connectivity index (χ3v) is 4.95. The molecule has 1 atom stereocenters. The maximum absolute atomic E-state index is 13.1. The number of nitrogens with one attached hydrogen (secondary N) is 2. The number of carbonyl (C=O) groups is 3. The van der Waals surface area contributed by atoms with Crippen LogP contribution in [0.1, 0.15) is 11.6 Å². The Bertz CT molecular complexity index is 880. The van der Waals surface area contributed by atoms with Crippen LogP contribution in [-0.2, 0) is 9.59 Å². The highest BCUT2D eigenvalue weighted by Crippen LogP contribution is 2.38. The first-order valence-electron chi connectivity index (χ1n) is 8.81. The zero-order chi connectivity index (χ0) is 20.3. The maximum atomic E-state index is 13.1. The van der Waals surface area contributed by atoms with Gasteiger partial charge in [-0.25, -0.2) is 4.79 Å². The third-order valence-electron chi connectivity index (χ3n) is 4.60. The normalized spacial score (nSPS) is 18.7. The Labute approximate surface area is 168 Å². The number of benzene rings is 1. The van der Waals surface area contributed by atoms with Crippen LogP contribution in [0.25, 0.3) is 0 Å². The molecule has 0 saturated heterocycles. The summed E-state index contributed by atoms with van der Waals surface area (Å²) in [5.74, 6) is -0.598. The van der Waals surface area contributed by atoms with Crippen LogP contribution < -0.4 is 10.6 Å². The highest BCUT2D eigenvalue weighted by atomic mass is 35.5. The van der Waals surface area contributed by atoms with Gasteiger partial charge in [0.15, 0.2) is 0 Å². The van der Waals surface area contributed by atoms with Gasteiger partial charge in [-0.15, -0.1) is 13.2 Å². The van der Waals surface area contributed by atoms with Crippen LogP contribution in [0.5, 0.6) is 0 Å². The summed E-state index contributed by atoms with van der Waals surface area (Å²) in [6.45, 7) is 7.86. The molecule has 0 spiro atoms. The smallest absolute Gasteiger partial charge is 0.322 e. The summed E-state index contributed by atoms with van der Waals surface area (Å²) in [6.07, 6.45) is 3.15. The van der Waals surface area contributed by atoms with Gasteiger partial charge < -0.3 is 15.5 Å². The van der Waals surface area contributed by atoms with Crippen molar-refractivity contribution in [2.75, 3.05) is 26.2 Å². The molecule has 0 aromatic heterocycles. The molecule has 2 N–H and O–H groups in total. The Morgan fingerprint density at radius 3 is 2.71 bits per heavy atom. The highest BCUT2D eigenvalue weighted by Gasteiger charge is 2.44. The standard InChI is InChI=1S/C20H21ClN4O3/c1-3-9-22-16(26)12-24-11-15-17(19(24)27)18(13-7-5-6-8-14(13)21)23-20(28)25(15)10-4-2/h3-8,18H,1-2,9-12H2,(H,22,26)(H,23,28)/t18-/m0/s1. The zero-order valence-corrected chi connectivity index (χ0v) is 16.0. The third kappa shape index (κ3) is 3.66. The van der Waals surface area contributed by atoms with Gasteiger partial charge in [-0.05, 0) is 11.6 Å². The van der Waals surface area contributed by atoms with E-state index in [1.165, 1.54) is 9.80 Å². The second-order valence-corrected chi connectivity index (χ2v) is 6.82. The second-order valence-electron chi connectivity index (χ2n) is 6.42. The monoisotopic (exact) mass is 400 g/mol. The van der Waals surface area contributed by atoms with Gasteiger partial charge >= 0.3 is 6.03 Å². The molecule has 3 rings (SSSR count). The summed E-state index contributed by atoms with van der Waals surface area (Å²) >= 11 is 6.32. The van der Waals surface area contributed by atoms with Gasteiger partial charge in [-0.1, -0.05) is 42.0 Å². The first-order valence-corrected chi connectivity index (χ1v) is 9.19. The second kappa shape index (κ2) is 8.31. The van der Waals surface area contributed by atoms with E-state index in [1.54, 1.807) is 36.4 Å². The van der Waals surface area contributed by atoms with E-state index in [0.717, 1.165) is 0 Å². The molecule has 0 bridgehead atoms. The Morgan fingerprint density at radius 2 is 2.04 bits per heavy atom. The van der Waals surface area contributed by atoms with Crippen molar-refractivity contribution in [3.8, 4) is 0 Å². The first kappa shape index (κ1) is 19.7. The minimum Gasteiger partial charge on any atom is -0.351 e. The van der Waals surface area contributed by atoms with Gasteiger partial charge in [0.25, 0.3) is 5.91 Å². The number of halogens is 1. The number of carbonyl (C=O) groups excluding carboxylic acids is 3. The number of hydrogen-bond donors (Lipinski definition) is 2. The Kier molecular flexibility index (Phi) is 5.84. The summed E-state index contributed by atoms with van der Waals surface area (Å²) in [5, 5.41) is 5.96. The molecular weight excluding hydrogens is 380 g/mol. The van der Waals surface area contributed by atoms with Crippen LogP contribution in [-0.4, -0.2) is 53.8 Å². The van der Waals surface area contributed by atoms with E-state index in [-0.39, 0.29) is 37.5 Å². The lowest BCUT2D eigenvalue weighted by molar-refractivity contribution is -0.131. The molecule has 7 nitrogen and oxygen atoms in total. The summed E-state index contributed by atoms with van der Waals surface area (Å²) in [7, 11) is 0. The molecule has 2 heterocycles. The summed E-state index contributed by atoms with van der Waals surface area (Å²) in [4.78, 5) is 40.8. The Morgan fingerprint density at radius 1 is 1.29 bits per heavy atom. The SMILES string of the molecule is C=CCNC(=O)CN1CC2=C(C1=O)[C@H](c1ccccc1Cl)NC(=O)N2CC=C. The molecule has 4 amide bonds. The van der Waals surface area contributed by atoms with E-state index in [9.17, 15) is 14.4 Å². The minimum absolute atomic E-state index is 0.106. The summed E-state index contributed by atoms with van der Waals surface area (Å²) in [5.41, 5.74) is 1.62. The van der Waals surface area contributed by atoms with Crippen molar-refractivity contribution in [2.45, 2.75) is 6.04 Å². The first-order chi connectivity index (χ1) is 13.5. The van der Waals surface area contributed by atoms with E-state index < -0.39 is 6.04 Å². The average Bonchev–Trinajstić information content (AvgIpc) is 2.99. The van der Waals surface area contributed by atoms with Crippen LogP contribution in [0.15, 0.2) is 60.8 Å². The van der Waals surface area contributed by atoms with Crippen molar-refractivity contribution in [2.24, 2.45) is 0 Å². The molecule has 1 aromatic rings. The number of nitrogens with zero attached hydrogens (tertiary/aromatic N) is 2. The van der Waals surface area contributed by atoms with Crippen LogP contribution in [0.4, 0.5) is 4.79 Å². The molecule has 0 aliphatic carbocycles. The number of urea groups is 1. The largest absolute Gasteiger partial charge is 0.351 e. The predicted octanol–water partition coefficient (Wildman–Crippen LogP) is 1.99. The van der Waals surface area contributed by atoms with Gasteiger partial charge in [0.05, 0.1) is 23.9 Å². The van der Waals surface area contributed by atoms with Crippen LogP contribution in [0.3, 0.4) is 0 Å². The molecule has 146 valence electrons. The lowest BCUT2D eigenvalue weighted by Crippen LogP contribution is -2.47. The summed E-state index contributed by atoms with van der Waals surface area (Å²) < 4.78 is 0. The Hall–Kier alpha value is -3.06. The van der Waals surface area contributed by atoms with Crippen molar-refractivity contribution in [1.82, 2.24) is 20.4 Å². The molecule has 0 radical (unpaired) electrons. The average molecular weight is 401 g/mol. The number of amides is 4. The van der Waals surface area contributed by atoms with E-state index in [0.29, 0.717) is 28.4 Å².